The number of fused-ring (bicyclic) bond motifs is 2. The highest BCUT2D eigenvalue weighted by Gasteiger charge is 2.55. The number of likely N-dealkylation sites (N-methyl/N-ethyl adjacent to an activating group) is 1. The second-order valence-corrected chi connectivity index (χ2v) is 29.3. The van der Waals surface area contributed by atoms with E-state index in [0.29, 0.717) is 67.3 Å². The Morgan fingerprint density at radius 3 is 2.10 bits per heavy atom. The predicted octanol–water partition coefficient (Wildman–Crippen LogP) is 14.0. The molecule has 0 bridgehead atoms. The van der Waals surface area contributed by atoms with Crippen LogP contribution >= 0.6 is 11.6 Å². The number of aliphatic imine (C=N–C) groups is 1. The zero-order chi connectivity index (χ0) is 68.5. The molecule has 5 aliphatic rings. The van der Waals surface area contributed by atoms with Crippen molar-refractivity contribution in [1.82, 2.24) is 56.4 Å². The van der Waals surface area contributed by atoms with Crippen molar-refractivity contribution in [2.24, 2.45) is 28.7 Å². The third-order valence-electron chi connectivity index (χ3n) is 21.4. The molecular formula is C74H117ClF6N12O. The summed E-state index contributed by atoms with van der Waals surface area (Å²) in [7, 11) is 3.88. The van der Waals surface area contributed by atoms with E-state index in [-0.39, 0.29) is 70.9 Å². The molecule has 4 fully saturated rings. The van der Waals surface area contributed by atoms with Crippen molar-refractivity contribution in [3.05, 3.63) is 118 Å². The molecular weight excluding hydrogens is 1220 g/mol. The number of hydrogen-bond donors (Lipinski definition) is 6. The zero-order valence-electron chi connectivity index (χ0n) is 59.0. The van der Waals surface area contributed by atoms with E-state index in [2.05, 4.69) is 134 Å². The van der Waals surface area contributed by atoms with E-state index in [9.17, 15) is 31.1 Å². The van der Waals surface area contributed by atoms with E-state index in [1.165, 1.54) is 36.4 Å². The maximum absolute atomic E-state index is 14.9. The monoisotopic (exact) mass is 1340 g/mol. The van der Waals surface area contributed by atoms with E-state index in [1.54, 1.807) is 6.20 Å². The molecule has 4 aliphatic heterocycles. The Kier molecular flexibility index (Phi) is 29.2. The zero-order valence-corrected chi connectivity index (χ0v) is 59.8. The molecule has 6 N–H and O–H groups in total. The van der Waals surface area contributed by atoms with Crippen LogP contribution in [0.3, 0.4) is 0 Å². The Balaban J connectivity index is 1.22. The number of allylic oxidation sites excluding steroid dienone is 3. The quantitative estimate of drug-likeness (QED) is 0.114. The van der Waals surface area contributed by atoms with Crippen LogP contribution in [0.5, 0.6) is 0 Å². The lowest BCUT2D eigenvalue weighted by Gasteiger charge is -2.60. The number of hydrogen-bond acceptors (Lipinski definition) is 12. The lowest BCUT2D eigenvalue weighted by Crippen LogP contribution is -2.76. The minimum atomic E-state index is -4.57. The van der Waals surface area contributed by atoms with Crippen LogP contribution in [0.2, 0.25) is 5.02 Å². The second kappa shape index (κ2) is 35.7. The summed E-state index contributed by atoms with van der Waals surface area (Å²) in [6.45, 7) is 31.9. The first kappa shape index (κ1) is 76.7. The van der Waals surface area contributed by atoms with Crippen LogP contribution in [0.4, 0.5) is 26.3 Å². The molecule has 1 amide bonds. The Morgan fingerprint density at radius 2 is 1.45 bits per heavy atom. The third-order valence-corrected chi connectivity index (χ3v) is 21.7. The van der Waals surface area contributed by atoms with Crippen molar-refractivity contribution < 1.29 is 31.1 Å². The smallest absolute Gasteiger partial charge is 0.390 e. The van der Waals surface area contributed by atoms with Crippen LogP contribution in [0.1, 0.15) is 182 Å². The lowest BCUT2D eigenvalue weighted by molar-refractivity contribution is -0.162. The Hall–Kier alpha value is -4.63. The van der Waals surface area contributed by atoms with Gasteiger partial charge < -0.3 is 51.5 Å². The highest BCUT2D eigenvalue weighted by Crippen LogP contribution is 2.42. The number of alkyl halides is 6. The van der Waals surface area contributed by atoms with Gasteiger partial charge in [-0.1, -0.05) is 97.0 Å². The number of carbonyl (C=O) groups excluding carboxylic acids is 1. The molecule has 4 heterocycles. The molecule has 1 aliphatic carbocycles. The fourth-order valence-electron chi connectivity index (χ4n) is 15.3. The number of rotatable bonds is 12. The van der Waals surface area contributed by atoms with Gasteiger partial charge in [-0.3, -0.25) is 14.7 Å². The molecule has 12 atom stereocenters. The van der Waals surface area contributed by atoms with E-state index in [0.717, 1.165) is 139 Å². The van der Waals surface area contributed by atoms with Crippen molar-refractivity contribution >= 4 is 23.2 Å². The first-order valence-electron chi connectivity index (χ1n) is 35.7. The van der Waals surface area contributed by atoms with Gasteiger partial charge in [-0.25, -0.2) is 0 Å². The summed E-state index contributed by atoms with van der Waals surface area (Å²) in [4.78, 5) is 31.1. The van der Waals surface area contributed by atoms with Gasteiger partial charge in [0, 0.05) is 175 Å². The fraction of sp³-hybridized carbons (Fsp3) is 0.703. The highest BCUT2D eigenvalue weighted by atomic mass is 35.5. The normalized spacial score (nSPS) is 28.4. The third kappa shape index (κ3) is 21.4. The average molecular weight is 1340 g/mol. The number of amides is 1. The van der Waals surface area contributed by atoms with Crippen molar-refractivity contribution in [1.29, 1.82) is 0 Å². The van der Waals surface area contributed by atoms with Gasteiger partial charge in [-0.05, 0) is 164 Å². The van der Waals surface area contributed by atoms with Gasteiger partial charge in [0.1, 0.15) is 0 Å². The minimum absolute atomic E-state index is 0.0449. The maximum Gasteiger partial charge on any atom is 0.417 e. The largest absolute Gasteiger partial charge is 0.417 e. The number of likely N-dealkylation sites (tertiary alicyclic amines) is 1. The van der Waals surface area contributed by atoms with Gasteiger partial charge in [-0.15, -0.1) is 0 Å². The highest BCUT2D eigenvalue weighted by molar-refractivity contribution is 6.31. The average Bonchev–Trinajstić information content (AvgIpc) is 0.828. The Morgan fingerprint density at radius 1 is 0.755 bits per heavy atom. The van der Waals surface area contributed by atoms with E-state index in [1.807, 2.05) is 43.7 Å². The summed E-state index contributed by atoms with van der Waals surface area (Å²) in [5.74, 6) is 1.47. The van der Waals surface area contributed by atoms with Crippen molar-refractivity contribution in [2.75, 3.05) is 66.5 Å². The van der Waals surface area contributed by atoms with Crippen LogP contribution in [0.25, 0.3) is 0 Å². The number of nitrogens with one attached hydrogen (secondary N) is 6. The summed E-state index contributed by atoms with van der Waals surface area (Å²) in [6.07, 6.45) is 16.2. The van der Waals surface area contributed by atoms with Crippen LogP contribution < -0.4 is 31.9 Å². The first-order valence-corrected chi connectivity index (χ1v) is 36.1. The van der Waals surface area contributed by atoms with Crippen molar-refractivity contribution in [3.63, 3.8) is 0 Å². The SMILES string of the molecule is CC[C@H](C)[C@H]1C(C)NC2(CCCC2)CNCCNC=CC(CCc2ccc(C(F)(F)F)c(Cl)c2)=NC=CN(C)C=C(Cc2ccc(C(F)(F)F)cc2)N(C)C=C2CCCN2[C@@H](C)C(C)N[C@@H]([C@@H](C)CC)CN[C@@H](CC(C)C)C(C)NCC2[C@@H](C(=O)N3CCCCC3)C(C)N21. The number of aryl methyl sites for hydroxylation is 1. The standard InChI is InChI=1S/C74H117ClF6N12O/c1-14-51(5)67-45-86-66(42-50(3)4)54(8)85-46-68-69(71(94)91-38-19-16-20-39-91)57(11)93(68)70(52(6)15-2)55(9)88-72(32-17-18-33-72)49-83-36-35-82-34-31-61(29-25-59-26-30-64(65(75)44-59)74(79,80)81)84-37-41-89(12)47-63(43-58-23-27-60(28-24-58)73(76,77)78)90(13)48-62-22-21-40-92(62)56(10)53(7)87-67/h23-24,26-28,30-31,34,37,41,44,47-48,50-57,66-70,82-83,85-88H,14-22,25,29,32-33,35-36,38-40,42-43,45-46,49H2,1-13H3/t51-,52-,53?,54?,55?,56-,57?,66-,67+,68?,69-,70-/m0/s1. The molecule has 94 heavy (non-hydrogen) atoms. The number of piperidine rings is 1. The number of nitrogens with zero attached hydrogens (tertiary/aromatic N) is 6. The van der Waals surface area contributed by atoms with Gasteiger partial charge in [0.15, 0.2) is 0 Å². The number of carbonyl (C=O) groups is 1. The summed E-state index contributed by atoms with van der Waals surface area (Å²) >= 11 is 6.18. The summed E-state index contributed by atoms with van der Waals surface area (Å²) < 4.78 is 82.4. The van der Waals surface area contributed by atoms with Crippen LogP contribution in [0, 0.1) is 23.7 Å². The van der Waals surface area contributed by atoms with Crippen molar-refractivity contribution in [2.45, 2.75) is 245 Å². The predicted molar refractivity (Wildman–Crippen MR) is 374 cm³/mol. The van der Waals surface area contributed by atoms with Gasteiger partial charge in [-0.2, -0.15) is 26.3 Å². The number of halogens is 7. The molecule has 1 spiro atoms. The molecule has 0 aromatic heterocycles. The molecule has 5 unspecified atom stereocenters. The van der Waals surface area contributed by atoms with Crippen LogP contribution in [-0.4, -0.2) is 162 Å². The molecule has 13 nitrogen and oxygen atoms in total. The Labute approximate surface area is 566 Å². The second-order valence-electron chi connectivity index (χ2n) is 28.9. The lowest BCUT2D eigenvalue weighted by atomic mass is 9.74. The van der Waals surface area contributed by atoms with Gasteiger partial charge in [0.05, 0.1) is 22.1 Å². The first-order chi connectivity index (χ1) is 44.6. The summed E-state index contributed by atoms with van der Waals surface area (Å²) in [5, 5.41) is 23.6. The van der Waals surface area contributed by atoms with Gasteiger partial charge in [0.2, 0.25) is 5.91 Å². The molecule has 0 radical (unpaired) electrons. The molecule has 3 saturated heterocycles. The molecule has 1 saturated carbocycles. The molecule has 528 valence electrons. The maximum atomic E-state index is 14.9. The molecule has 2 aromatic rings. The van der Waals surface area contributed by atoms with E-state index >= 15 is 0 Å². The molecule has 2 aromatic carbocycles. The Bertz CT molecular complexity index is 2810. The molecule has 7 rings (SSSR count). The van der Waals surface area contributed by atoms with E-state index in [4.69, 9.17) is 16.6 Å². The summed E-state index contributed by atoms with van der Waals surface area (Å²) in [6, 6.07) is 10.5. The van der Waals surface area contributed by atoms with E-state index < -0.39 is 23.5 Å². The fourth-order valence-corrected chi connectivity index (χ4v) is 15.6. The summed E-state index contributed by atoms with van der Waals surface area (Å²) in [5.41, 5.74) is 2.41. The van der Waals surface area contributed by atoms with Crippen LogP contribution in [-0.2, 0) is 30.0 Å². The topological polar surface area (TPSA) is 118 Å². The van der Waals surface area contributed by atoms with Crippen LogP contribution in [0.15, 0.2) is 95.9 Å². The van der Waals surface area contributed by atoms with Crippen molar-refractivity contribution in [3.8, 4) is 0 Å². The molecule has 20 heteroatoms. The van der Waals surface area contributed by atoms with Gasteiger partial charge in [0.25, 0.3) is 0 Å². The minimum Gasteiger partial charge on any atom is -0.390 e. The number of benzene rings is 2. The van der Waals surface area contributed by atoms with Gasteiger partial charge >= 0.3 is 12.4 Å².